The van der Waals surface area contributed by atoms with E-state index < -0.39 is 21.4 Å². The monoisotopic (exact) mass is 460 g/mol. The lowest BCUT2D eigenvalue weighted by Gasteiger charge is -2.39. The van der Waals surface area contributed by atoms with Gasteiger partial charge in [0.15, 0.2) is 0 Å². The summed E-state index contributed by atoms with van der Waals surface area (Å²) in [6.45, 7) is 6.54. The van der Waals surface area contributed by atoms with E-state index in [9.17, 15) is 17.6 Å². The molecule has 0 unspecified atom stereocenters. The minimum absolute atomic E-state index is 0.0574. The first-order valence-electron chi connectivity index (χ1n) is 10.9. The van der Waals surface area contributed by atoms with Crippen LogP contribution in [0.25, 0.3) is 0 Å². The zero-order valence-electron chi connectivity index (χ0n) is 18.6. The number of hydrogen-bond acceptors (Lipinski definition) is 4. The van der Waals surface area contributed by atoms with E-state index in [1.54, 1.807) is 0 Å². The molecule has 0 aliphatic carbocycles. The highest BCUT2D eigenvalue weighted by Gasteiger charge is 2.37. The highest BCUT2D eigenvalue weighted by Crippen LogP contribution is 2.40. The van der Waals surface area contributed by atoms with Crippen molar-refractivity contribution in [2.75, 3.05) is 13.1 Å². The van der Waals surface area contributed by atoms with Crippen LogP contribution in [-0.4, -0.2) is 37.3 Å². The number of sulfonamides is 1. The first-order chi connectivity index (χ1) is 15.0. The van der Waals surface area contributed by atoms with Crippen LogP contribution < -0.4 is 10.1 Å². The second kappa shape index (κ2) is 8.48. The number of benzene rings is 2. The van der Waals surface area contributed by atoms with Crippen molar-refractivity contribution in [3.63, 3.8) is 0 Å². The van der Waals surface area contributed by atoms with Gasteiger partial charge in [0.05, 0.1) is 10.9 Å². The number of rotatable bonds is 4. The average molecular weight is 461 g/mol. The zero-order chi connectivity index (χ0) is 23.1. The van der Waals surface area contributed by atoms with Crippen molar-refractivity contribution in [3.05, 3.63) is 59.4 Å². The van der Waals surface area contributed by atoms with Crippen molar-refractivity contribution in [2.24, 2.45) is 5.92 Å². The summed E-state index contributed by atoms with van der Waals surface area (Å²) in [7, 11) is -3.70. The zero-order valence-corrected chi connectivity index (χ0v) is 19.4. The standard InChI is InChI=1S/C24H29FN2O4S/c1-16-4-9-20-21(15-24(2,3)31-22(20)14-16)26-23(28)17-10-12-27(13-11-17)32(29,30)19-7-5-18(25)6-8-19/h4-9,14,17,21H,10-13,15H2,1-3H3,(H,26,28)/t21-/m1/s1. The highest BCUT2D eigenvalue weighted by molar-refractivity contribution is 7.89. The van der Waals surface area contributed by atoms with Crippen LogP contribution in [0.2, 0.25) is 0 Å². The Morgan fingerprint density at radius 1 is 1.12 bits per heavy atom. The van der Waals surface area contributed by atoms with E-state index in [1.807, 2.05) is 39.0 Å². The molecule has 8 heteroatoms. The van der Waals surface area contributed by atoms with Gasteiger partial charge in [-0.3, -0.25) is 4.79 Å². The minimum atomic E-state index is -3.70. The lowest BCUT2D eigenvalue weighted by molar-refractivity contribution is -0.127. The smallest absolute Gasteiger partial charge is 0.243 e. The van der Waals surface area contributed by atoms with Crippen molar-refractivity contribution in [3.8, 4) is 5.75 Å². The number of halogens is 1. The highest BCUT2D eigenvalue weighted by atomic mass is 32.2. The fourth-order valence-corrected chi connectivity index (χ4v) is 5.96. The molecule has 32 heavy (non-hydrogen) atoms. The van der Waals surface area contributed by atoms with E-state index in [1.165, 1.54) is 16.4 Å². The molecule has 0 bridgehead atoms. The Labute approximate surface area is 188 Å². The molecular formula is C24H29FN2O4S. The van der Waals surface area contributed by atoms with Gasteiger partial charge >= 0.3 is 0 Å². The second-order valence-corrected chi connectivity index (χ2v) is 11.2. The number of piperidine rings is 1. The number of fused-ring (bicyclic) bond motifs is 1. The van der Waals surface area contributed by atoms with Gasteiger partial charge in [-0.05, 0) is 69.5 Å². The first kappa shape index (κ1) is 22.7. The third-order valence-corrected chi connectivity index (χ3v) is 8.13. The van der Waals surface area contributed by atoms with Gasteiger partial charge in [-0.2, -0.15) is 4.31 Å². The molecule has 0 aromatic heterocycles. The first-order valence-corrected chi connectivity index (χ1v) is 12.3. The van der Waals surface area contributed by atoms with Gasteiger partial charge in [0.25, 0.3) is 0 Å². The van der Waals surface area contributed by atoms with Gasteiger partial charge in [0.2, 0.25) is 15.9 Å². The van der Waals surface area contributed by atoms with Crippen molar-refractivity contribution in [1.29, 1.82) is 0 Å². The summed E-state index contributed by atoms with van der Waals surface area (Å²) in [5.74, 6) is 0.00620. The van der Waals surface area contributed by atoms with Crippen molar-refractivity contribution in [1.82, 2.24) is 9.62 Å². The number of nitrogens with zero attached hydrogens (tertiary/aromatic N) is 1. The van der Waals surface area contributed by atoms with E-state index >= 15 is 0 Å². The number of aryl methyl sites for hydroxylation is 1. The summed E-state index contributed by atoms with van der Waals surface area (Å²) in [5, 5.41) is 3.18. The van der Waals surface area contributed by atoms with Crippen LogP contribution in [-0.2, 0) is 14.8 Å². The van der Waals surface area contributed by atoms with E-state index in [0.29, 0.717) is 19.3 Å². The Kier molecular flexibility index (Phi) is 6.02. The average Bonchev–Trinajstić information content (AvgIpc) is 2.73. The van der Waals surface area contributed by atoms with Gasteiger partial charge in [-0.1, -0.05) is 12.1 Å². The Hall–Kier alpha value is -2.45. The molecule has 0 spiro atoms. The number of nitrogens with one attached hydrogen (secondary N) is 1. The van der Waals surface area contributed by atoms with Crippen molar-refractivity contribution < 1.29 is 22.3 Å². The molecule has 1 fully saturated rings. The third kappa shape index (κ3) is 4.66. The third-order valence-electron chi connectivity index (χ3n) is 6.22. The van der Waals surface area contributed by atoms with Crippen LogP contribution in [0.3, 0.4) is 0 Å². The predicted molar refractivity (Wildman–Crippen MR) is 119 cm³/mol. The molecule has 2 aromatic rings. The van der Waals surface area contributed by atoms with Crippen LogP contribution in [0.5, 0.6) is 5.75 Å². The van der Waals surface area contributed by atoms with E-state index in [4.69, 9.17) is 4.74 Å². The molecule has 172 valence electrons. The Morgan fingerprint density at radius 2 is 1.78 bits per heavy atom. The van der Waals surface area contributed by atoms with E-state index in [0.717, 1.165) is 29.0 Å². The lowest BCUT2D eigenvalue weighted by Crippen LogP contribution is -2.46. The molecule has 2 aromatic carbocycles. The minimum Gasteiger partial charge on any atom is -0.487 e. The van der Waals surface area contributed by atoms with Gasteiger partial charge in [0, 0.05) is 31.0 Å². The summed E-state index contributed by atoms with van der Waals surface area (Å²) in [4.78, 5) is 13.1. The predicted octanol–water partition coefficient (Wildman–Crippen LogP) is 3.95. The number of carbonyl (C=O) groups excluding carboxylic acids is 1. The molecule has 4 rings (SSSR count). The lowest BCUT2D eigenvalue weighted by atomic mass is 9.88. The summed E-state index contributed by atoms with van der Waals surface area (Å²) in [6, 6.07) is 10.7. The van der Waals surface area contributed by atoms with Gasteiger partial charge in [-0.25, -0.2) is 12.8 Å². The molecule has 1 atom stereocenters. The Morgan fingerprint density at radius 3 is 2.44 bits per heavy atom. The molecule has 2 aliphatic heterocycles. The number of amides is 1. The van der Waals surface area contributed by atoms with Crippen LogP contribution in [0.4, 0.5) is 4.39 Å². The van der Waals surface area contributed by atoms with Gasteiger partial charge in [-0.15, -0.1) is 0 Å². The molecular weight excluding hydrogens is 431 g/mol. The summed E-state index contributed by atoms with van der Waals surface area (Å²) in [5.41, 5.74) is 1.67. The van der Waals surface area contributed by atoms with E-state index in [-0.39, 0.29) is 35.9 Å². The number of carbonyl (C=O) groups is 1. The molecule has 0 radical (unpaired) electrons. The molecule has 1 amide bonds. The molecule has 2 heterocycles. The molecule has 0 saturated carbocycles. The Balaban J connectivity index is 1.42. The fraction of sp³-hybridized carbons (Fsp3) is 0.458. The van der Waals surface area contributed by atoms with Gasteiger partial charge in [0.1, 0.15) is 17.2 Å². The molecule has 1 N–H and O–H groups in total. The number of hydrogen-bond donors (Lipinski definition) is 1. The molecule has 2 aliphatic rings. The van der Waals surface area contributed by atoms with Crippen LogP contribution in [0.15, 0.2) is 47.4 Å². The largest absolute Gasteiger partial charge is 0.487 e. The normalized spacial score (nSPS) is 21.4. The maximum absolute atomic E-state index is 13.1. The van der Waals surface area contributed by atoms with Crippen LogP contribution >= 0.6 is 0 Å². The summed E-state index contributed by atoms with van der Waals surface area (Å²) in [6.07, 6.45) is 1.55. The topological polar surface area (TPSA) is 75.7 Å². The Bertz CT molecular complexity index is 1110. The fourth-order valence-electron chi connectivity index (χ4n) is 4.49. The van der Waals surface area contributed by atoms with Gasteiger partial charge < -0.3 is 10.1 Å². The number of ether oxygens (including phenoxy) is 1. The van der Waals surface area contributed by atoms with Crippen molar-refractivity contribution >= 4 is 15.9 Å². The SMILES string of the molecule is Cc1ccc2c(c1)OC(C)(C)C[C@H]2NC(=O)C1CCN(S(=O)(=O)c2ccc(F)cc2)CC1. The van der Waals surface area contributed by atoms with Crippen molar-refractivity contribution in [2.45, 2.75) is 56.6 Å². The summed E-state index contributed by atoms with van der Waals surface area (Å²) >= 11 is 0. The maximum Gasteiger partial charge on any atom is 0.243 e. The maximum atomic E-state index is 13.1. The molecule has 1 saturated heterocycles. The van der Waals surface area contributed by atoms with E-state index in [2.05, 4.69) is 5.32 Å². The molecule has 6 nitrogen and oxygen atoms in total. The summed E-state index contributed by atoms with van der Waals surface area (Å²) < 4.78 is 46.3. The van der Waals surface area contributed by atoms with Crippen LogP contribution in [0.1, 0.15) is 50.3 Å². The van der Waals surface area contributed by atoms with Crippen LogP contribution in [0, 0.1) is 18.7 Å². The second-order valence-electron chi connectivity index (χ2n) is 9.30. The quantitative estimate of drug-likeness (QED) is 0.750.